The minimum absolute atomic E-state index is 0.0333. The van der Waals surface area contributed by atoms with Crippen LogP contribution in [-0.4, -0.2) is 23.6 Å². The van der Waals surface area contributed by atoms with E-state index in [4.69, 9.17) is 15.7 Å². The van der Waals surface area contributed by atoms with E-state index >= 15 is 0 Å². The molecule has 0 spiro atoms. The van der Waals surface area contributed by atoms with Crippen LogP contribution in [0.1, 0.15) is 32.6 Å². The third-order valence-electron chi connectivity index (χ3n) is 2.67. The van der Waals surface area contributed by atoms with Gasteiger partial charge in [0, 0.05) is 6.42 Å². The number of amidine groups is 1. The minimum atomic E-state index is -0.0432. The number of anilines is 1. The van der Waals surface area contributed by atoms with Crippen LogP contribution in [0.4, 0.5) is 5.69 Å². The predicted molar refractivity (Wildman–Crippen MR) is 78.1 cm³/mol. The molecule has 0 aliphatic carbocycles. The fraction of sp³-hybridized carbons (Fsp3) is 0.429. The van der Waals surface area contributed by atoms with Crippen LogP contribution in [-0.2, 0) is 4.79 Å². The minimum Gasteiger partial charge on any atom is -0.483 e. The van der Waals surface area contributed by atoms with Crippen molar-refractivity contribution in [2.45, 2.75) is 32.6 Å². The molecule has 0 unspecified atom stereocenters. The van der Waals surface area contributed by atoms with Gasteiger partial charge in [-0.1, -0.05) is 37.1 Å². The standard InChI is InChI=1S/C14H21N3O3/c1-2-3-4-9-14(18)16-11-7-5-6-8-12(11)20-10-13(15)17-19/h5-8,19H,2-4,9-10H2,1H3,(H2,15,17)(H,16,18). The van der Waals surface area contributed by atoms with E-state index in [1.54, 1.807) is 24.3 Å². The number of nitrogens with zero attached hydrogens (tertiary/aromatic N) is 1. The van der Waals surface area contributed by atoms with Gasteiger partial charge in [-0.3, -0.25) is 4.79 Å². The summed E-state index contributed by atoms with van der Waals surface area (Å²) < 4.78 is 5.39. The molecule has 20 heavy (non-hydrogen) atoms. The number of oxime groups is 1. The van der Waals surface area contributed by atoms with Gasteiger partial charge in [-0.2, -0.15) is 0 Å². The molecule has 4 N–H and O–H groups in total. The number of nitrogens with two attached hydrogens (primary N) is 1. The number of para-hydroxylation sites is 2. The summed E-state index contributed by atoms with van der Waals surface area (Å²) in [6.45, 7) is 2.05. The van der Waals surface area contributed by atoms with Gasteiger partial charge in [0.1, 0.15) is 12.4 Å². The number of carbonyl (C=O) groups is 1. The Labute approximate surface area is 118 Å². The first kappa shape index (κ1) is 15.8. The second kappa shape index (κ2) is 8.79. The average molecular weight is 279 g/mol. The lowest BCUT2D eigenvalue weighted by Crippen LogP contribution is -2.21. The molecule has 1 aromatic rings. The van der Waals surface area contributed by atoms with E-state index in [9.17, 15) is 4.79 Å². The highest BCUT2D eigenvalue weighted by atomic mass is 16.5. The smallest absolute Gasteiger partial charge is 0.224 e. The predicted octanol–water partition coefficient (Wildman–Crippen LogP) is 2.33. The van der Waals surface area contributed by atoms with Gasteiger partial charge < -0.3 is 21.0 Å². The lowest BCUT2D eigenvalue weighted by molar-refractivity contribution is -0.116. The van der Waals surface area contributed by atoms with E-state index in [1.807, 2.05) is 0 Å². The molecule has 0 aliphatic rings. The van der Waals surface area contributed by atoms with Crippen molar-refractivity contribution in [1.82, 2.24) is 0 Å². The van der Waals surface area contributed by atoms with Crippen LogP contribution in [0.25, 0.3) is 0 Å². The molecule has 0 aliphatic heterocycles. The maximum atomic E-state index is 11.8. The molecule has 0 saturated carbocycles. The lowest BCUT2D eigenvalue weighted by Gasteiger charge is -2.11. The average Bonchev–Trinajstić information content (AvgIpc) is 2.46. The molecular weight excluding hydrogens is 258 g/mol. The van der Waals surface area contributed by atoms with Crippen molar-refractivity contribution in [2.24, 2.45) is 10.9 Å². The van der Waals surface area contributed by atoms with Crippen LogP contribution in [0.5, 0.6) is 5.75 Å². The summed E-state index contributed by atoms with van der Waals surface area (Å²) >= 11 is 0. The zero-order valence-electron chi connectivity index (χ0n) is 11.6. The largest absolute Gasteiger partial charge is 0.483 e. The molecule has 110 valence electrons. The van der Waals surface area contributed by atoms with Gasteiger partial charge in [-0.15, -0.1) is 0 Å². The number of nitrogens with one attached hydrogen (secondary N) is 1. The van der Waals surface area contributed by atoms with E-state index in [1.165, 1.54) is 0 Å². The molecule has 1 aromatic carbocycles. The fourth-order valence-electron chi connectivity index (χ4n) is 1.62. The van der Waals surface area contributed by atoms with Gasteiger partial charge in [0.05, 0.1) is 5.69 Å². The topological polar surface area (TPSA) is 96.9 Å². The van der Waals surface area contributed by atoms with Crippen LogP contribution in [0.2, 0.25) is 0 Å². The van der Waals surface area contributed by atoms with E-state index in [0.29, 0.717) is 17.9 Å². The molecule has 0 bridgehead atoms. The number of rotatable bonds is 8. The van der Waals surface area contributed by atoms with E-state index in [0.717, 1.165) is 19.3 Å². The molecule has 0 heterocycles. The number of unbranched alkanes of at least 4 members (excludes halogenated alkanes) is 2. The maximum absolute atomic E-state index is 11.8. The summed E-state index contributed by atoms with van der Waals surface area (Å²) in [4.78, 5) is 11.8. The van der Waals surface area contributed by atoms with Gasteiger partial charge in [-0.05, 0) is 18.6 Å². The number of ether oxygens (including phenoxy) is 1. The van der Waals surface area contributed by atoms with Crippen LogP contribution in [0, 0.1) is 0 Å². The van der Waals surface area contributed by atoms with Crippen LogP contribution < -0.4 is 15.8 Å². The Morgan fingerprint density at radius 2 is 2.15 bits per heavy atom. The third-order valence-corrected chi connectivity index (χ3v) is 2.67. The van der Waals surface area contributed by atoms with Crippen molar-refractivity contribution < 1.29 is 14.7 Å². The molecule has 6 heteroatoms. The maximum Gasteiger partial charge on any atom is 0.224 e. The third kappa shape index (κ3) is 5.60. The van der Waals surface area contributed by atoms with Gasteiger partial charge in [0.25, 0.3) is 0 Å². The molecule has 0 aromatic heterocycles. The normalized spacial score (nSPS) is 11.2. The van der Waals surface area contributed by atoms with Gasteiger partial charge >= 0.3 is 0 Å². The molecule has 1 amide bonds. The fourth-order valence-corrected chi connectivity index (χ4v) is 1.62. The number of hydrogen-bond acceptors (Lipinski definition) is 4. The second-order valence-corrected chi connectivity index (χ2v) is 4.38. The van der Waals surface area contributed by atoms with Crippen LogP contribution in [0.3, 0.4) is 0 Å². The highest BCUT2D eigenvalue weighted by Crippen LogP contribution is 2.23. The number of amides is 1. The Morgan fingerprint density at radius 1 is 1.40 bits per heavy atom. The molecule has 0 radical (unpaired) electrons. The van der Waals surface area contributed by atoms with Crippen molar-refractivity contribution in [3.8, 4) is 5.75 Å². The first-order chi connectivity index (χ1) is 9.67. The Bertz CT molecular complexity index is 461. The number of hydrogen-bond donors (Lipinski definition) is 3. The van der Waals surface area contributed by atoms with E-state index < -0.39 is 0 Å². The van der Waals surface area contributed by atoms with Crippen molar-refractivity contribution in [1.29, 1.82) is 0 Å². The molecule has 6 nitrogen and oxygen atoms in total. The van der Waals surface area contributed by atoms with Crippen LogP contribution in [0.15, 0.2) is 29.4 Å². The van der Waals surface area contributed by atoms with Gasteiger partial charge in [0.2, 0.25) is 5.91 Å². The zero-order valence-corrected chi connectivity index (χ0v) is 11.6. The molecule has 1 rings (SSSR count). The Balaban J connectivity index is 2.58. The SMILES string of the molecule is CCCCCC(=O)Nc1ccccc1OC/C(N)=N/O. The molecule has 0 fully saturated rings. The monoisotopic (exact) mass is 279 g/mol. The summed E-state index contributed by atoms with van der Waals surface area (Å²) in [5.41, 5.74) is 5.92. The number of benzene rings is 1. The first-order valence-electron chi connectivity index (χ1n) is 6.65. The van der Waals surface area contributed by atoms with Crippen molar-refractivity contribution >= 4 is 17.4 Å². The molecular formula is C14H21N3O3. The van der Waals surface area contributed by atoms with E-state index in [-0.39, 0.29) is 18.3 Å². The number of carbonyl (C=O) groups excluding carboxylic acids is 1. The molecule has 0 saturated heterocycles. The molecule has 0 atom stereocenters. The lowest BCUT2D eigenvalue weighted by atomic mass is 10.2. The van der Waals surface area contributed by atoms with Crippen molar-refractivity contribution in [3.05, 3.63) is 24.3 Å². The van der Waals surface area contributed by atoms with Crippen molar-refractivity contribution in [3.63, 3.8) is 0 Å². The van der Waals surface area contributed by atoms with E-state index in [2.05, 4.69) is 17.4 Å². The Morgan fingerprint density at radius 3 is 2.85 bits per heavy atom. The summed E-state index contributed by atoms with van der Waals surface area (Å²) in [7, 11) is 0. The second-order valence-electron chi connectivity index (χ2n) is 4.38. The summed E-state index contributed by atoms with van der Waals surface area (Å²) in [6, 6.07) is 7.05. The summed E-state index contributed by atoms with van der Waals surface area (Å²) in [5.74, 6) is 0.412. The Kier molecular flexibility index (Phi) is 6.95. The quantitative estimate of drug-likeness (QED) is 0.224. The van der Waals surface area contributed by atoms with Gasteiger partial charge in [0.15, 0.2) is 5.84 Å². The van der Waals surface area contributed by atoms with Crippen LogP contribution >= 0.6 is 0 Å². The van der Waals surface area contributed by atoms with Gasteiger partial charge in [-0.25, -0.2) is 0 Å². The summed E-state index contributed by atoms with van der Waals surface area (Å²) in [6.07, 6.45) is 3.47. The van der Waals surface area contributed by atoms with Crippen molar-refractivity contribution in [2.75, 3.05) is 11.9 Å². The summed E-state index contributed by atoms with van der Waals surface area (Å²) in [5, 5.41) is 14.1. The highest BCUT2D eigenvalue weighted by Gasteiger charge is 2.07. The Hall–Kier alpha value is -2.24. The zero-order chi connectivity index (χ0) is 14.8. The first-order valence-corrected chi connectivity index (χ1v) is 6.65. The highest BCUT2D eigenvalue weighted by molar-refractivity contribution is 5.92.